The van der Waals surface area contributed by atoms with Gasteiger partial charge < -0.3 is 13.9 Å². The molecule has 0 saturated carbocycles. The molecule has 0 aliphatic rings. The predicted molar refractivity (Wildman–Crippen MR) is 78.1 cm³/mol. The van der Waals surface area contributed by atoms with Gasteiger partial charge in [-0.2, -0.15) is 13.2 Å². The third-order valence-corrected chi connectivity index (χ3v) is 4.06. The quantitative estimate of drug-likeness (QED) is 0.807. The van der Waals surface area contributed by atoms with Crippen molar-refractivity contribution in [1.82, 2.24) is 9.47 Å². The molecule has 2 aromatic rings. The van der Waals surface area contributed by atoms with Gasteiger partial charge in [0.05, 0.1) is 12.8 Å². The van der Waals surface area contributed by atoms with Crippen molar-refractivity contribution in [3.05, 3.63) is 44.9 Å². The maximum absolute atomic E-state index is 12.7. The van der Waals surface area contributed by atoms with E-state index in [1.807, 2.05) is 0 Å². The van der Waals surface area contributed by atoms with Gasteiger partial charge in [-0.25, -0.2) is 0 Å². The standard InChI is InChI=1S/C14H15F3N2O3S/c1-10-8-23-13(21)19(10)5-4-12(20)18(9-14(15,16)17)7-11-3-2-6-22-11/h2-3,6,8H,4-5,7,9H2,1H3. The van der Waals surface area contributed by atoms with Gasteiger partial charge in [0, 0.05) is 24.0 Å². The zero-order valence-corrected chi connectivity index (χ0v) is 13.1. The molecule has 0 unspecified atom stereocenters. The summed E-state index contributed by atoms with van der Waals surface area (Å²) >= 11 is 0.992. The molecule has 126 valence electrons. The lowest BCUT2D eigenvalue weighted by Gasteiger charge is -2.23. The molecule has 9 heteroatoms. The largest absolute Gasteiger partial charge is 0.467 e. The fourth-order valence-electron chi connectivity index (χ4n) is 2.08. The van der Waals surface area contributed by atoms with E-state index < -0.39 is 18.6 Å². The van der Waals surface area contributed by atoms with E-state index >= 15 is 0 Å². The molecular formula is C14H15F3N2O3S. The van der Waals surface area contributed by atoms with Crippen LogP contribution >= 0.6 is 11.3 Å². The molecule has 0 spiro atoms. The van der Waals surface area contributed by atoms with Crippen LogP contribution in [0.1, 0.15) is 17.9 Å². The van der Waals surface area contributed by atoms with Crippen LogP contribution in [0.2, 0.25) is 0 Å². The molecule has 2 heterocycles. The number of aromatic nitrogens is 1. The summed E-state index contributed by atoms with van der Waals surface area (Å²) in [6, 6.07) is 3.05. The second kappa shape index (κ2) is 7.03. The fraction of sp³-hybridized carbons (Fsp3) is 0.429. The number of furan rings is 1. The van der Waals surface area contributed by atoms with Crippen molar-refractivity contribution in [3.63, 3.8) is 0 Å². The summed E-state index contributed by atoms with van der Waals surface area (Å²) < 4.78 is 44.4. The number of hydrogen-bond donors (Lipinski definition) is 0. The maximum Gasteiger partial charge on any atom is 0.406 e. The molecule has 5 nitrogen and oxygen atoms in total. The molecule has 0 aromatic carbocycles. The second-order valence-corrected chi connectivity index (χ2v) is 5.81. The Bertz CT molecular complexity index is 704. The number of carbonyl (C=O) groups excluding carboxylic acids is 1. The third-order valence-electron chi connectivity index (χ3n) is 3.18. The SMILES string of the molecule is Cc1csc(=O)n1CCC(=O)N(Cc1ccco1)CC(F)(F)F. The lowest BCUT2D eigenvalue weighted by Crippen LogP contribution is -2.39. The van der Waals surface area contributed by atoms with Crippen molar-refractivity contribution >= 4 is 17.2 Å². The molecule has 0 aliphatic carbocycles. The number of hydrogen-bond acceptors (Lipinski definition) is 4. The number of alkyl halides is 3. The number of thiazole rings is 1. The van der Waals surface area contributed by atoms with E-state index in [2.05, 4.69) is 0 Å². The molecule has 0 aliphatic heterocycles. The van der Waals surface area contributed by atoms with Crippen molar-refractivity contribution in [2.24, 2.45) is 0 Å². The topological polar surface area (TPSA) is 55.5 Å². The highest BCUT2D eigenvalue weighted by atomic mass is 32.1. The molecule has 0 fully saturated rings. The van der Waals surface area contributed by atoms with Crippen LogP contribution in [0.5, 0.6) is 0 Å². The van der Waals surface area contributed by atoms with Gasteiger partial charge in [-0.05, 0) is 19.1 Å². The van der Waals surface area contributed by atoms with Crippen molar-refractivity contribution in [2.75, 3.05) is 6.54 Å². The van der Waals surface area contributed by atoms with Gasteiger partial charge in [-0.15, -0.1) is 0 Å². The Kier molecular flexibility index (Phi) is 5.30. The molecule has 0 radical (unpaired) electrons. The van der Waals surface area contributed by atoms with Crippen molar-refractivity contribution in [1.29, 1.82) is 0 Å². The smallest absolute Gasteiger partial charge is 0.406 e. The fourth-order valence-corrected chi connectivity index (χ4v) is 2.84. The molecule has 0 atom stereocenters. The van der Waals surface area contributed by atoms with Crippen LogP contribution in [0.4, 0.5) is 13.2 Å². The zero-order valence-electron chi connectivity index (χ0n) is 12.3. The van der Waals surface area contributed by atoms with E-state index in [9.17, 15) is 22.8 Å². The maximum atomic E-state index is 12.7. The van der Waals surface area contributed by atoms with Crippen LogP contribution in [0.15, 0.2) is 33.0 Å². The van der Waals surface area contributed by atoms with Crippen molar-refractivity contribution in [3.8, 4) is 0 Å². The normalized spacial score (nSPS) is 11.7. The summed E-state index contributed by atoms with van der Waals surface area (Å²) in [5.74, 6) is -0.414. The molecule has 1 amide bonds. The van der Waals surface area contributed by atoms with Crippen molar-refractivity contribution in [2.45, 2.75) is 32.6 Å². The van der Waals surface area contributed by atoms with E-state index in [1.165, 1.54) is 16.9 Å². The first kappa shape index (κ1) is 17.3. The number of amides is 1. The van der Waals surface area contributed by atoms with Gasteiger partial charge in [-0.1, -0.05) is 11.3 Å². The van der Waals surface area contributed by atoms with E-state index in [0.29, 0.717) is 10.6 Å². The summed E-state index contributed by atoms with van der Waals surface area (Å²) in [4.78, 5) is 24.2. The lowest BCUT2D eigenvalue weighted by atomic mass is 10.3. The molecule has 0 bridgehead atoms. The minimum atomic E-state index is -4.50. The highest BCUT2D eigenvalue weighted by molar-refractivity contribution is 7.07. The first-order valence-corrected chi connectivity index (χ1v) is 7.66. The molecule has 2 aromatic heterocycles. The summed E-state index contributed by atoms with van der Waals surface area (Å²) in [6.45, 7) is 0.144. The van der Waals surface area contributed by atoms with Gasteiger partial charge in [-0.3, -0.25) is 9.59 Å². The highest BCUT2D eigenvalue weighted by Crippen LogP contribution is 2.19. The molecule has 0 N–H and O–H groups in total. The van der Waals surface area contributed by atoms with E-state index in [4.69, 9.17) is 4.42 Å². The Labute approximate surface area is 133 Å². The first-order valence-electron chi connectivity index (χ1n) is 6.78. The molecule has 23 heavy (non-hydrogen) atoms. The average molecular weight is 348 g/mol. The van der Waals surface area contributed by atoms with Crippen LogP contribution in [0, 0.1) is 6.92 Å². The molecule has 2 rings (SSSR count). The van der Waals surface area contributed by atoms with Crippen molar-refractivity contribution < 1.29 is 22.4 Å². The minimum absolute atomic E-state index is 0.0551. The second-order valence-electron chi connectivity index (χ2n) is 4.99. The number of carbonyl (C=O) groups is 1. The summed E-state index contributed by atoms with van der Waals surface area (Å²) in [5, 5.41) is 1.64. The van der Waals surface area contributed by atoms with E-state index in [0.717, 1.165) is 11.3 Å². The zero-order chi connectivity index (χ0) is 17.0. The van der Waals surface area contributed by atoms with Crippen LogP contribution in [-0.2, 0) is 17.9 Å². The third kappa shape index (κ3) is 4.98. The summed E-state index contributed by atoms with van der Waals surface area (Å²) in [5.41, 5.74) is 0.682. The van der Waals surface area contributed by atoms with Crippen LogP contribution < -0.4 is 4.87 Å². The Morgan fingerprint density at radius 2 is 2.17 bits per heavy atom. The highest BCUT2D eigenvalue weighted by Gasteiger charge is 2.33. The molecular weight excluding hydrogens is 333 g/mol. The Morgan fingerprint density at radius 1 is 1.43 bits per heavy atom. The minimum Gasteiger partial charge on any atom is -0.467 e. The Hall–Kier alpha value is -2.03. The van der Waals surface area contributed by atoms with E-state index in [1.54, 1.807) is 18.4 Å². The van der Waals surface area contributed by atoms with E-state index in [-0.39, 0.29) is 30.1 Å². The summed E-state index contributed by atoms with van der Waals surface area (Å²) in [7, 11) is 0. The van der Waals surface area contributed by atoms with Gasteiger partial charge in [0.2, 0.25) is 5.91 Å². The Balaban J connectivity index is 2.05. The number of halogens is 3. The van der Waals surface area contributed by atoms with Gasteiger partial charge in [0.15, 0.2) is 0 Å². The van der Waals surface area contributed by atoms with Crippen LogP contribution in [0.25, 0.3) is 0 Å². The van der Waals surface area contributed by atoms with Gasteiger partial charge in [0.1, 0.15) is 12.3 Å². The Morgan fingerprint density at radius 3 is 2.70 bits per heavy atom. The monoisotopic (exact) mass is 348 g/mol. The molecule has 0 saturated heterocycles. The number of nitrogens with zero attached hydrogens (tertiary/aromatic N) is 2. The van der Waals surface area contributed by atoms with Gasteiger partial charge >= 0.3 is 11.0 Å². The summed E-state index contributed by atoms with van der Waals surface area (Å²) in [6.07, 6.45) is -3.36. The average Bonchev–Trinajstić information content (AvgIpc) is 3.05. The predicted octanol–water partition coefficient (Wildman–Crippen LogP) is 2.79. The van der Waals surface area contributed by atoms with Crippen LogP contribution in [0.3, 0.4) is 0 Å². The van der Waals surface area contributed by atoms with Crippen LogP contribution in [-0.4, -0.2) is 28.1 Å². The van der Waals surface area contributed by atoms with Gasteiger partial charge in [0.25, 0.3) is 0 Å². The number of rotatable bonds is 6. The number of aryl methyl sites for hydroxylation is 1. The first-order chi connectivity index (χ1) is 10.8. The lowest BCUT2D eigenvalue weighted by molar-refractivity contribution is -0.163.